The quantitative estimate of drug-likeness (QED) is 0.472. The van der Waals surface area contributed by atoms with E-state index < -0.39 is 16.8 Å². The van der Waals surface area contributed by atoms with Gasteiger partial charge in [0, 0.05) is 19.1 Å². The number of nitrogens with zero attached hydrogens (tertiary/aromatic N) is 1. The second kappa shape index (κ2) is 7.45. The zero-order valence-corrected chi connectivity index (χ0v) is 14.9. The van der Waals surface area contributed by atoms with Crippen LogP contribution < -0.4 is 10.1 Å². The van der Waals surface area contributed by atoms with Gasteiger partial charge in [0.1, 0.15) is 11.9 Å². The molecule has 2 aliphatic rings. The van der Waals surface area contributed by atoms with E-state index in [4.69, 9.17) is 14.2 Å². The molecule has 0 radical (unpaired) electrons. The topological polar surface area (TPSA) is 86.2 Å². The number of carbonyl (C=O) groups is 2. The monoisotopic (exact) mass is 364 g/mol. The Morgan fingerprint density at radius 2 is 2.28 bits per heavy atom. The van der Waals surface area contributed by atoms with Crippen LogP contribution in [0.2, 0.25) is 0 Å². The van der Waals surface area contributed by atoms with Gasteiger partial charge in [0.15, 0.2) is 5.17 Å². The number of thioether (sulfide) groups is 1. The molecule has 8 heteroatoms. The van der Waals surface area contributed by atoms with Crippen LogP contribution in [-0.2, 0) is 19.1 Å². The number of aliphatic imine (C=N–C) groups is 1. The normalized spacial score (nSPS) is 27.0. The fourth-order valence-corrected chi connectivity index (χ4v) is 3.87. The molecule has 1 aromatic carbocycles. The van der Waals surface area contributed by atoms with E-state index in [-0.39, 0.29) is 12.3 Å². The number of ether oxygens (including phenoxy) is 3. The Bertz CT molecular complexity index is 708. The minimum Gasteiger partial charge on any atom is -0.497 e. The molecule has 0 aromatic heterocycles. The summed E-state index contributed by atoms with van der Waals surface area (Å²) in [6.45, 7) is 2.91. The van der Waals surface area contributed by atoms with E-state index in [0.29, 0.717) is 29.8 Å². The molecule has 2 aliphatic heterocycles. The van der Waals surface area contributed by atoms with Crippen LogP contribution in [0.5, 0.6) is 5.75 Å². The van der Waals surface area contributed by atoms with E-state index in [1.54, 1.807) is 31.4 Å². The molecule has 3 rings (SSSR count). The van der Waals surface area contributed by atoms with Crippen molar-refractivity contribution in [3.05, 3.63) is 24.3 Å². The Morgan fingerprint density at radius 1 is 1.44 bits per heavy atom. The fourth-order valence-electron chi connectivity index (χ4n) is 2.70. The molecule has 2 saturated heterocycles. The van der Waals surface area contributed by atoms with Crippen LogP contribution in [0.4, 0.5) is 5.69 Å². The van der Waals surface area contributed by atoms with Crippen molar-refractivity contribution in [2.45, 2.75) is 30.6 Å². The highest BCUT2D eigenvalue weighted by Gasteiger charge is 2.60. The van der Waals surface area contributed by atoms with Crippen LogP contribution in [0.1, 0.15) is 19.8 Å². The lowest BCUT2D eigenvalue weighted by atomic mass is 10.0. The molecule has 7 nitrogen and oxygen atoms in total. The van der Waals surface area contributed by atoms with Crippen molar-refractivity contribution < 1.29 is 23.8 Å². The van der Waals surface area contributed by atoms with Crippen molar-refractivity contribution in [2.24, 2.45) is 4.99 Å². The van der Waals surface area contributed by atoms with Gasteiger partial charge < -0.3 is 19.5 Å². The predicted octanol–water partition coefficient (Wildman–Crippen LogP) is 2.03. The summed E-state index contributed by atoms with van der Waals surface area (Å²) in [5.41, 5.74) is 0.633. The first-order valence-corrected chi connectivity index (χ1v) is 8.91. The highest BCUT2D eigenvalue weighted by atomic mass is 32.2. The van der Waals surface area contributed by atoms with Gasteiger partial charge in [0.05, 0.1) is 19.4 Å². The molecule has 0 aliphatic carbocycles. The highest BCUT2D eigenvalue weighted by Crippen LogP contribution is 2.43. The highest BCUT2D eigenvalue weighted by molar-refractivity contribution is 8.17. The van der Waals surface area contributed by atoms with Gasteiger partial charge in [-0.05, 0) is 18.6 Å². The summed E-state index contributed by atoms with van der Waals surface area (Å²) in [7, 11) is 1.57. The third-order valence-corrected chi connectivity index (χ3v) is 5.17. The van der Waals surface area contributed by atoms with Gasteiger partial charge in [-0.1, -0.05) is 24.8 Å². The molecule has 1 aromatic rings. The van der Waals surface area contributed by atoms with E-state index in [0.717, 1.165) is 18.2 Å². The molecule has 0 saturated carbocycles. The average molecular weight is 364 g/mol. The number of amidine groups is 1. The molecule has 2 atom stereocenters. The first-order chi connectivity index (χ1) is 12.1. The number of hydrogen-bond donors (Lipinski definition) is 1. The van der Waals surface area contributed by atoms with Crippen molar-refractivity contribution in [1.82, 2.24) is 5.32 Å². The molecule has 2 heterocycles. The number of cyclic esters (lactones) is 1. The lowest BCUT2D eigenvalue weighted by Gasteiger charge is -2.11. The molecular weight excluding hydrogens is 344 g/mol. The zero-order valence-electron chi connectivity index (χ0n) is 14.1. The summed E-state index contributed by atoms with van der Waals surface area (Å²) in [5.74, 6) is -0.252. The maximum atomic E-state index is 12.4. The standard InChI is InChI=1S/C17H20N2O5S/c1-3-7-23-10-13-9-17(15(21)24-13)14(20)19-16(25-17)18-11-5-4-6-12(8-11)22-2/h4-6,8,13H,3,7,9-10H2,1-2H3,(H,18,19,20). The summed E-state index contributed by atoms with van der Waals surface area (Å²) in [6.07, 6.45) is 0.759. The number of carbonyl (C=O) groups excluding carboxylic acids is 2. The minimum absolute atomic E-state index is 0.281. The Hall–Kier alpha value is -2.06. The third-order valence-electron chi connectivity index (χ3n) is 3.91. The fraction of sp³-hybridized carbons (Fsp3) is 0.471. The minimum atomic E-state index is -1.27. The summed E-state index contributed by atoms with van der Waals surface area (Å²) >= 11 is 1.11. The van der Waals surface area contributed by atoms with E-state index in [9.17, 15) is 9.59 Å². The van der Waals surface area contributed by atoms with E-state index in [1.807, 2.05) is 6.92 Å². The SMILES string of the molecule is CCCOCC1CC2(SC(=Nc3cccc(OC)c3)NC2=O)C(=O)O1. The van der Waals surface area contributed by atoms with Crippen molar-refractivity contribution in [1.29, 1.82) is 0 Å². The van der Waals surface area contributed by atoms with Crippen LogP contribution in [-0.4, -0.2) is 48.2 Å². The zero-order chi connectivity index (χ0) is 17.9. The van der Waals surface area contributed by atoms with Gasteiger partial charge in [-0.2, -0.15) is 0 Å². The van der Waals surface area contributed by atoms with Gasteiger partial charge in [-0.25, -0.2) is 9.79 Å². The van der Waals surface area contributed by atoms with Crippen LogP contribution in [0, 0.1) is 0 Å². The van der Waals surface area contributed by atoms with E-state index >= 15 is 0 Å². The Kier molecular flexibility index (Phi) is 5.29. The average Bonchev–Trinajstić information content (AvgIpc) is 3.08. The first kappa shape index (κ1) is 17.8. The number of amides is 1. The molecule has 0 bridgehead atoms. The van der Waals surface area contributed by atoms with Gasteiger partial charge in [-0.15, -0.1) is 0 Å². The second-order valence-electron chi connectivity index (χ2n) is 5.81. The maximum Gasteiger partial charge on any atom is 0.332 e. The van der Waals surface area contributed by atoms with Crippen molar-refractivity contribution in [3.63, 3.8) is 0 Å². The summed E-state index contributed by atoms with van der Waals surface area (Å²) in [5, 5.41) is 3.06. The number of methoxy groups -OCH3 is 1. The summed E-state index contributed by atoms with van der Waals surface area (Å²) in [6, 6.07) is 7.15. The molecule has 2 fully saturated rings. The number of esters is 1. The van der Waals surface area contributed by atoms with Gasteiger partial charge in [-0.3, -0.25) is 4.79 Å². The predicted molar refractivity (Wildman–Crippen MR) is 94.2 cm³/mol. The number of benzene rings is 1. The third kappa shape index (κ3) is 3.64. The maximum absolute atomic E-state index is 12.4. The van der Waals surface area contributed by atoms with Crippen LogP contribution in [0.3, 0.4) is 0 Å². The summed E-state index contributed by atoms with van der Waals surface area (Å²) < 4.78 is 14.7. The van der Waals surface area contributed by atoms with Gasteiger partial charge in [0.25, 0.3) is 5.91 Å². The van der Waals surface area contributed by atoms with Crippen LogP contribution in [0.15, 0.2) is 29.3 Å². The van der Waals surface area contributed by atoms with Gasteiger partial charge >= 0.3 is 5.97 Å². The van der Waals surface area contributed by atoms with Gasteiger partial charge in [0.2, 0.25) is 4.75 Å². The summed E-state index contributed by atoms with van der Waals surface area (Å²) in [4.78, 5) is 29.1. The largest absolute Gasteiger partial charge is 0.497 e. The van der Waals surface area contributed by atoms with Crippen molar-refractivity contribution >= 4 is 34.5 Å². The molecule has 2 unspecified atom stereocenters. The molecule has 1 N–H and O–H groups in total. The van der Waals surface area contributed by atoms with Crippen molar-refractivity contribution in [3.8, 4) is 5.75 Å². The second-order valence-corrected chi connectivity index (χ2v) is 7.10. The smallest absolute Gasteiger partial charge is 0.332 e. The Labute approximate surface area is 150 Å². The number of nitrogens with one attached hydrogen (secondary N) is 1. The molecule has 1 spiro atoms. The lowest BCUT2D eigenvalue weighted by Crippen LogP contribution is -2.40. The molecule has 1 amide bonds. The first-order valence-electron chi connectivity index (χ1n) is 8.09. The Morgan fingerprint density at radius 3 is 3.04 bits per heavy atom. The lowest BCUT2D eigenvalue weighted by molar-refractivity contribution is -0.146. The van der Waals surface area contributed by atoms with Crippen molar-refractivity contribution in [2.75, 3.05) is 20.3 Å². The number of hydrogen-bond acceptors (Lipinski definition) is 7. The molecular formula is C17H20N2O5S. The van der Waals surface area contributed by atoms with E-state index in [1.165, 1.54) is 0 Å². The number of rotatable bonds is 6. The Balaban J connectivity index is 1.73. The van der Waals surface area contributed by atoms with E-state index in [2.05, 4.69) is 10.3 Å². The molecule has 134 valence electrons. The molecule has 25 heavy (non-hydrogen) atoms. The van der Waals surface area contributed by atoms with Crippen LogP contribution in [0.25, 0.3) is 0 Å². The van der Waals surface area contributed by atoms with Crippen LogP contribution >= 0.6 is 11.8 Å².